The highest BCUT2D eigenvalue weighted by molar-refractivity contribution is 5.82. The van der Waals surface area contributed by atoms with Crippen LogP contribution in [0.5, 0.6) is 0 Å². The van der Waals surface area contributed by atoms with Crippen LogP contribution in [0.3, 0.4) is 0 Å². The molecule has 1 aliphatic carbocycles. The SMILES string of the molecule is CCC[C@@H](NC(=O)NC(C)C1CCCC1)C(=O)O. The first-order valence-electron chi connectivity index (χ1n) is 6.84. The number of aliphatic carboxylic acids is 1. The quantitative estimate of drug-likeness (QED) is 0.681. The van der Waals surface area contributed by atoms with Gasteiger partial charge in [-0.2, -0.15) is 0 Å². The van der Waals surface area contributed by atoms with E-state index in [4.69, 9.17) is 5.11 Å². The molecule has 0 aliphatic heterocycles. The lowest BCUT2D eigenvalue weighted by Crippen LogP contribution is -2.49. The van der Waals surface area contributed by atoms with E-state index in [1.165, 1.54) is 12.8 Å². The molecule has 18 heavy (non-hydrogen) atoms. The molecule has 0 aromatic heterocycles. The molecule has 3 N–H and O–H groups in total. The van der Waals surface area contributed by atoms with Crippen LogP contribution in [0.4, 0.5) is 4.79 Å². The van der Waals surface area contributed by atoms with Gasteiger partial charge in [0.25, 0.3) is 0 Å². The molecule has 0 radical (unpaired) electrons. The molecule has 1 rings (SSSR count). The van der Waals surface area contributed by atoms with Gasteiger partial charge in [-0.1, -0.05) is 26.2 Å². The summed E-state index contributed by atoms with van der Waals surface area (Å²) >= 11 is 0. The summed E-state index contributed by atoms with van der Waals surface area (Å²) < 4.78 is 0. The monoisotopic (exact) mass is 256 g/mol. The van der Waals surface area contributed by atoms with Crippen molar-refractivity contribution in [2.75, 3.05) is 0 Å². The number of amides is 2. The van der Waals surface area contributed by atoms with Gasteiger partial charge in [-0.05, 0) is 32.1 Å². The fourth-order valence-electron chi connectivity index (χ4n) is 2.53. The van der Waals surface area contributed by atoms with Gasteiger partial charge in [0.05, 0.1) is 0 Å². The summed E-state index contributed by atoms with van der Waals surface area (Å²) in [4.78, 5) is 22.6. The molecule has 0 saturated heterocycles. The van der Waals surface area contributed by atoms with Gasteiger partial charge >= 0.3 is 12.0 Å². The molecule has 1 aliphatic rings. The molecule has 2 amide bonds. The summed E-state index contributed by atoms with van der Waals surface area (Å²) in [6.07, 6.45) is 5.95. The van der Waals surface area contributed by atoms with E-state index in [9.17, 15) is 9.59 Å². The molecule has 0 spiro atoms. The standard InChI is InChI=1S/C13H24N2O3/c1-3-6-11(12(16)17)15-13(18)14-9(2)10-7-4-5-8-10/h9-11H,3-8H2,1-2H3,(H,16,17)(H2,14,15,18)/t9?,11-/m1/s1. The normalized spacial score (nSPS) is 19.2. The maximum absolute atomic E-state index is 11.7. The number of rotatable bonds is 6. The van der Waals surface area contributed by atoms with Crippen molar-refractivity contribution in [2.24, 2.45) is 5.92 Å². The molecule has 104 valence electrons. The first kappa shape index (κ1) is 14.8. The lowest BCUT2D eigenvalue weighted by molar-refractivity contribution is -0.139. The van der Waals surface area contributed by atoms with E-state index in [1.807, 2.05) is 13.8 Å². The van der Waals surface area contributed by atoms with Crippen LogP contribution >= 0.6 is 0 Å². The Labute approximate surface area is 108 Å². The molecule has 0 bridgehead atoms. The minimum Gasteiger partial charge on any atom is -0.480 e. The van der Waals surface area contributed by atoms with Crippen molar-refractivity contribution >= 4 is 12.0 Å². The highest BCUT2D eigenvalue weighted by Crippen LogP contribution is 2.27. The average molecular weight is 256 g/mol. The summed E-state index contributed by atoms with van der Waals surface area (Å²) in [5.74, 6) is -0.439. The number of nitrogens with one attached hydrogen (secondary N) is 2. The zero-order chi connectivity index (χ0) is 13.5. The molecule has 0 aromatic rings. The Kier molecular flexibility index (Phi) is 5.95. The first-order valence-corrected chi connectivity index (χ1v) is 6.84. The fraction of sp³-hybridized carbons (Fsp3) is 0.846. The zero-order valence-corrected chi connectivity index (χ0v) is 11.2. The van der Waals surface area contributed by atoms with E-state index in [-0.39, 0.29) is 12.1 Å². The van der Waals surface area contributed by atoms with Gasteiger partial charge in [-0.15, -0.1) is 0 Å². The molecule has 0 aromatic carbocycles. The molecular weight excluding hydrogens is 232 g/mol. The van der Waals surface area contributed by atoms with E-state index in [1.54, 1.807) is 0 Å². The van der Waals surface area contributed by atoms with Gasteiger partial charge in [-0.3, -0.25) is 0 Å². The first-order chi connectivity index (χ1) is 8.54. The van der Waals surface area contributed by atoms with Crippen molar-refractivity contribution in [2.45, 2.75) is 64.5 Å². The summed E-state index contributed by atoms with van der Waals surface area (Å²) in [5.41, 5.74) is 0. The Morgan fingerprint density at radius 3 is 2.39 bits per heavy atom. The van der Waals surface area contributed by atoms with E-state index >= 15 is 0 Å². The zero-order valence-electron chi connectivity index (χ0n) is 11.2. The minimum atomic E-state index is -0.972. The second kappa shape index (κ2) is 7.24. The summed E-state index contributed by atoms with van der Waals surface area (Å²) in [6, 6.07) is -1.04. The van der Waals surface area contributed by atoms with Crippen LogP contribution in [0, 0.1) is 5.92 Å². The van der Waals surface area contributed by atoms with E-state index < -0.39 is 12.0 Å². The Morgan fingerprint density at radius 1 is 1.28 bits per heavy atom. The molecule has 1 unspecified atom stereocenters. The number of carboxylic acids is 1. The second-order valence-corrected chi connectivity index (χ2v) is 5.13. The third-order valence-electron chi connectivity index (χ3n) is 3.65. The number of carbonyl (C=O) groups is 2. The van der Waals surface area contributed by atoms with Crippen molar-refractivity contribution < 1.29 is 14.7 Å². The van der Waals surface area contributed by atoms with Crippen LogP contribution in [0.15, 0.2) is 0 Å². The van der Waals surface area contributed by atoms with Crippen LogP contribution < -0.4 is 10.6 Å². The van der Waals surface area contributed by atoms with Crippen molar-refractivity contribution in [3.63, 3.8) is 0 Å². The van der Waals surface area contributed by atoms with Crippen molar-refractivity contribution in [1.82, 2.24) is 10.6 Å². The largest absolute Gasteiger partial charge is 0.480 e. The van der Waals surface area contributed by atoms with Gasteiger partial charge in [0.2, 0.25) is 0 Å². The maximum atomic E-state index is 11.7. The Balaban J connectivity index is 2.36. The van der Waals surface area contributed by atoms with Crippen molar-refractivity contribution in [3.05, 3.63) is 0 Å². The lowest BCUT2D eigenvalue weighted by atomic mass is 10.0. The van der Waals surface area contributed by atoms with Crippen LogP contribution in [-0.4, -0.2) is 29.2 Å². The average Bonchev–Trinajstić information content (AvgIpc) is 2.81. The third kappa shape index (κ3) is 4.55. The Hall–Kier alpha value is -1.26. The highest BCUT2D eigenvalue weighted by atomic mass is 16.4. The lowest BCUT2D eigenvalue weighted by Gasteiger charge is -2.22. The number of hydrogen-bond donors (Lipinski definition) is 3. The van der Waals surface area contributed by atoms with Crippen LogP contribution in [0.1, 0.15) is 52.4 Å². The molecule has 0 heterocycles. The molecular formula is C13H24N2O3. The number of carbonyl (C=O) groups excluding carboxylic acids is 1. The van der Waals surface area contributed by atoms with Gasteiger partial charge in [-0.25, -0.2) is 9.59 Å². The van der Waals surface area contributed by atoms with Crippen molar-refractivity contribution in [3.8, 4) is 0 Å². The van der Waals surface area contributed by atoms with E-state index in [0.717, 1.165) is 19.3 Å². The summed E-state index contributed by atoms with van der Waals surface area (Å²) in [5, 5.41) is 14.3. The van der Waals surface area contributed by atoms with Crippen molar-refractivity contribution in [1.29, 1.82) is 0 Å². The van der Waals surface area contributed by atoms with Gasteiger partial charge < -0.3 is 15.7 Å². The Morgan fingerprint density at radius 2 is 1.89 bits per heavy atom. The predicted octanol–water partition coefficient (Wildman–Crippen LogP) is 2.12. The van der Waals surface area contributed by atoms with Crippen LogP contribution in [-0.2, 0) is 4.79 Å². The molecule has 5 nitrogen and oxygen atoms in total. The summed E-state index contributed by atoms with van der Waals surface area (Å²) in [6.45, 7) is 3.89. The molecule has 1 saturated carbocycles. The van der Waals surface area contributed by atoms with Gasteiger partial charge in [0.15, 0.2) is 0 Å². The molecule has 5 heteroatoms. The second-order valence-electron chi connectivity index (χ2n) is 5.13. The Bertz CT molecular complexity index is 288. The number of urea groups is 1. The van der Waals surface area contributed by atoms with Gasteiger partial charge in [0, 0.05) is 6.04 Å². The highest BCUT2D eigenvalue weighted by Gasteiger charge is 2.24. The maximum Gasteiger partial charge on any atom is 0.326 e. The van der Waals surface area contributed by atoms with E-state index in [0.29, 0.717) is 12.3 Å². The number of carboxylic acid groups (broad SMARTS) is 1. The topological polar surface area (TPSA) is 78.4 Å². The molecule has 2 atom stereocenters. The van der Waals surface area contributed by atoms with Crippen LogP contribution in [0.2, 0.25) is 0 Å². The van der Waals surface area contributed by atoms with E-state index in [2.05, 4.69) is 10.6 Å². The third-order valence-corrected chi connectivity index (χ3v) is 3.65. The smallest absolute Gasteiger partial charge is 0.326 e. The van der Waals surface area contributed by atoms with Crippen LogP contribution in [0.25, 0.3) is 0 Å². The molecule has 1 fully saturated rings. The number of hydrogen-bond acceptors (Lipinski definition) is 2. The van der Waals surface area contributed by atoms with Gasteiger partial charge in [0.1, 0.15) is 6.04 Å². The minimum absolute atomic E-state index is 0.114. The predicted molar refractivity (Wildman–Crippen MR) is 69.4 cm³/mol. The fourth-order valence-corrected chi connectivity index (χ4v) is 2.53. The summed E-state index contributed by atoms with van der Waals surface area (Å²) in [7, 11) is 0.